The molecule has 1 fully saturated rings. The average molecular weight is 527 g/mol. The van der Waals surface area contributed by atoms with Crippen molar-refractivity contribution in [2.24, 2.45) is 0 Å². The van der Waals surface area contributed by atoms with E-state index in [1.165, 1.54) is 6.07 Å². The van der Waals surface area contributed by atoms with Gasteiger partial charge in [0.2, 0.25) is 0 Å². The number of halogens is 4. The smallest absolute Gasteiger partial charge is 0.371 e. The van der Waals surface area contributed by atoms with Crippen LogP contribution in [0.2, 0.25) is 5.02 Å². The minimum atomic E-state index is -4.55. The van der Waals surface area contributed by atoms with Crippen LogP contribution in [0.5, 0.6) is 0 Å². The number of para-hydroxylation sites is 1. The minimum Gasteiger partial charge on any atom is -0.371 e. The Morgan fingerprint density at radius 2 is 1.76 bits per heavy atom. The van der Waals surface area contributed by atoms with Crippen molar-refractivity contribution in [3.8, 4) is 5.69 Å². The molecule has 4 aromatic rings. The third kappa shape index (κ3) is 5.30. The summed E-state index contributed by atoms with van der Waals surface area (Å²) in [6.07, 6.45) is 0.213. The molecule has 1 amide bonds. The Labute approximate surface area is 217 Å². The first kappa shape index (κ1) is 25.1. The number of anilines is 1. The van der Waals surface area contributed by atoms with Crippen LogP contribution < -0.4 is 10.2 Å². The van der Waals surface area contributed by atoms with E-state index in [1.807, 2.05) is 59.1 Å². The molecule has 0 unspecified atom stereocenters. The summed E-state index contributed by atoms with van der Waals surface area (Å²) in [6, 6.07) is 19.1. The lowest BCUT2D eigenvalue weighted by Crippen LogP contribution is -2.43. The average Bonchev–Trinajstić information content (AvgIpc) is 3.38. The van der Waals surface area contributed by atoms with Gasteiger partial charge in [0.05, 0.1) is 5.52 Å². The highest BCUT2D eigenvalue weighted by Gasteiger charge is 2.35. The summed E-state index contributed by atoms with van der Waals surface area (Å²) in [6.45, 7) is 0. The van der Waals surface area contributed by atoms with E-state index in [9.17, 15) is 18.0 Å². The molecule has 5 nitrogen and oxygen atoms in total. The maximum Gasteiger partial charge on any atom is 0.433 e. The van der Waals surface area contributed by atoms with Crippen LogP contribution in [0.3, 0.4) is 0 Å². The summed E-state index contributed by atoms with van der Waals surface area (Å²) in [5.74, 6) is -0.143. The Balaban J connectivity index is 1.29. The number of fused-ring (bicyclic) bond motifs is 1. The molecule has 0 aliphatic heterocycles. The van der Waals surface area contributed by atoms with Crippen molar-refractivity contribution in [3.63, 3.8) is 0 Å². The SMILES string of the molecule is CN(c1cc(C(F)(F)F)nc2ccc(Cl)cc12)[C@H]1CC[C@@H](NC(=O)c2cccn2-c2ccccc2)CC1. The van der Waals surface area contributed by atoms with Crippen LogP contribution in [0.1, 0.15) is 41.9 Å². The molecule has 192 valence electrons. The minimum absolute atomic E-state index is 0.00867. The number of nitrogens with one attached hydrogen (secondary N) is 1. The molecule has 0 atom stereocenters. The summed E-state index contributed by atoms with van der Waals surface area (Å²) in [5.41, 5.74) is 1.25. The molecule has 1 saturated carbocycles. The number of carbonyl (C=O) groups excluding carboxylic acids is 1. The van der Waals surface area contributed by atoms with Crippen LogP contribution in [0.4, 0.5) is 18.9 Å². The second-order valence-electron chi connectivity index (χ2n) is 9.37. The number of alkyl halides is 3. The molecular formula is C28H26ClF3N4O. The molecule has 9 heteroatoms. The maximum absolute atomic E-state index is 13.6. The van der Waals surface area contributed by atoms with E-state index in [0.29, 0.717) is 21.8 Å². The van der Waals surface area contributed by atoms with Crippen molar-refractivity contribution in [2.75, 3.05) is 11.9 Å². The third-order valence-corrected chi connectivity index (χ3v) is 7.25. The molecule has 37 heavy (non-hydrogen) atoms. The van der Waals surface area contributed by atoms with E-state index in [0.717, 1.165) is 37.4 Å². The molecule has 0 radical (unpaired) electrons. The number of hydrogen-bond acceptors (Lipinski definition) is 3. The van der Waals surface area contributed by atoms with Crippen LogP contribution in [-0.4, -0.2) is 34.6 Å². The van der Waals surface area contributed by atoms with E-state index in [1.54, 1.807) is 18.2 Å². The monoisotopic (exact) mass is 526 g/mol. The summed E-state index contributed by atoms with van der Waals surface area (Å²) in [7, 11) is 1.81. The predicted molar refractivity (Wildman–Crippen MR) is 139 cm³/mol. The number of hydrogen-bond donors (Lipinski definition) is 1. The number of nitrogens with zero attached hydrogens (tertiary/aromatic N) is 3. The highest BCUT2D eigenvalue weighted by Crippen LogP contribution is 2.37. The van der Waals surface area contributed by atoms with Gasteiger partial charge in [0.25, 0.3) is 5.91 Å². The number of carbonyl (C=O) groups is 1. The van der Waals surface area contributed by atoms with Gasteiger partial charge in [-0.3, -0.25) is 4.79 Å². The number of pyridine rings is 1. The molecule has 1 aliphatic rings. The quantitative estimate of drug-likeness (QED) is 0.308. The number of amides is 1. The zero-order valence-electron chi connectivity index (χ0n) is 20.2. The topological polar surface area (TPSA) is 50.2 Å². The van der Waals surface area contributed by atoms with Gasteiger partial charge in [0.1, 0.15) is 11.4 Å². The van der Waals surface area contributed by atoms with Crippen LogP contribution in [0, 0.1) is 0 Å². The van der Waals surface area contributed by atoms with E-state index in [2.05, 4.69) is 10.3 Å². The first-order valence-corrected chi connectivity index (χ1v) is 12.5. The standard InChI is InChI=1S/C28H26ClF3N4O/c1-35(25-17-26(28(30,31)32)34-23-14-9-18(29)16-22(23)25)20-12-10-19(11-13-20)33-27(37)24-8-5-15-36(24)21-6-3-2-4-7-21/h2-9,14-17,19-20H,10-13H2,1H3,(H,33,37)/t19-,20+. The Hall–Kier alpha value is -3.52. The lowest BCUT2D eigenvalue weighted by Gasteiger charge is -2.37. The van der Waals surface area contributed by atoms with E-state index >= 15 is 0 Å². The van der Waals surface area contributed by atoms with Crippen LogP contribution in [0.25, 0.3) is 16.6 Å². The molecule has 2 aromatic carbocycles. The molecule has 0 spiro atoms. The van der Waals surface area contributed by atoms with Crippen molar-refractivity contribution in [2.45, 2.75) is 43.9 Å². The fourth-order valence-corrected chi connectivity index (χ4v) is 5.23. The van der Waals surface area contributed by atoms with Gasteiger partial charge in [-0.2, -0.15) is 13.2 Å². The second-order valence-corrected chi connectivity index (χ2v) is 9.81. The number of benzene rings is 2. The molecule has 0 saturated heterocycles. The summed E-state index contributed by atoms with van der Waals surface area (Å²) in [5, 5.41) is 4.17. The van der Waals surface area contributed by atoms with E-state index in [-0.39, 0.29) is 23.5 Å². The zero-order valence-corrected chi connectivity index (χ0v) is 20.9. The first-order chi connectivity index (χ1) is 17.7. The molecule has 0 bridgehead atoms. The zero-order chi connectivity index (χ0) is 26.2. The van der Waals surface area contributed by atoms with Crippen LogP contribution in [0.15, 0.2) is 72.9 Å². The normalized spacial score (nSPS) is 18.1. The molecule has 2 aromatic heterocycles. The van der Waals surface area contributed by atoms with Crippen molar-refractivity contribution in [1.29, 1.82) is 0 Å². The van der Waals surface area contributed by atoms with Gasteiger partial charge in [0.15, 0.2) is 0 Å². The van der Waals surface area contributed by atoms with Crippen LogP contribution >= 0.6 is 11.6 Å². The molecular weight excluding hydrogens is 501 g/mol. The highest BCUT2D eigenvalue weighted by atomic mass is 35.5. The van der Waals surface area contributed by atoms with Gasteiger partial charge in [-0.25, -0.2) is 4.98 Å². The van der Waals surface area contributed by atoms with Crippen molar-refractivity contribution in [3.05, 3.63) is 89.3 Å². The molecule has 1 aliphatic carbocycles. The number of rotatable bonds is 5. The first-order valence-electron chi connectivity index (χ1n) is 12.1. The van der Waals surface area contributed by atoms with E-state index in [4.69, 9.17) is 11.6 Å². The third-order valence-electron chi connectivity index (χ3n) is 7.01. The van der Waals surface area contributed by atoms with Gasteiger partial charge < -0.3 is 14.8 Å². The molecule has 5 rings (SSSR count). The lowest BCUT2D eigenvalue weighted by molar-refractivity contribution is -0.140. The fourth-order valence-electron chi connectivity index (χ4n) is 5.06. The Morgan fingerprint density at radius 3 is 2.46 bits per heavy atom. The maximum atomic E-state index is 13.6. The van der Waals surface area contributed by atoms with Crippen LogP contribution in [-0.2, 0) is 6.18 Å². The lowest BCUT2D eigenvalue weighted by atomic mass is 9.89. The summed E-state index contributed by atoms with van der Waals surface area (Å²) < 4.78 is 42.5. The van der Waals surface area contributed by atoms with Crippen molar-refractivity contribution < 1.29 is 18.0 Å². The van der Waals surface area contributed by atoms with Gasteiger partial charge in [-0.15, -0.1) is 0 Å². The Kier molecular flexibility index (Phi) is 6.86. The van der Waals surface area contributed by atoms with Crippen molar-refractivity contribution >= 4 is 34.1 Å². The van der Waals surface area contributed by atoms with E-state index < -0.39 is 11.9 Å². The van der Waals surface area contributed by atoms with Gasteiger partial charge in [0, 0.05) is 47.1 Å². The molecule has 1 N–H and O–H groups in total. The Morgan fingerprint density at radius 1 is 1.03 bits per heavy atom. The Bertz CT molecular complexity index is 1410. The predicted octanol–water partition coefficient (Wildman–Crippen LogP) is 6.88. The summed E-state index contributed by atoms with van der Waals surface area (Å²) >= 11 is 6.16. The number of aromatic nitrogens is 2. The van der Waals surface area contributed by atoms with Crippen molar-refractivity contribution in [1.82, 2.24) is 14.9 Å². The summed E-state index contributed by atoms with van der Waals surface area (Å²) in [4.78, 5) is 18.8. The fraction of sp³-hybridized carbons (Fsp3) is 0.286. The van der Waals surface area contributed by atoms with Gasteiger partial charge in [-0.1, -0.05) is 29.8 Å². The molecule has 2 heterocycles. The largest absolute Gasteiger partial charge is 0.433 e. The van der Waals surface area contributed by atoms with Gasteiger partial charge >= 0.3 is 6.18 Å². The highest BCUT2D eigenvalue weighted by molar-refractivity contribution is 6.31. The second kappa shape index (κ2) is 10.1. The van der Waals surface area contributed by atoms with Gasteiger partial charge in [-0.05, 0) is 74.2 Å².